The second-order valence-corrected chi connectivity index (χ2v) is 40.1. The summed E-state index contributed by atoms with van der Waals surface area (Å²) in [4.78, 5) is 69.6. The van der Waals surface area contributed by atoms with Crippen molar-refractivity contribution in [3.05, 3.63) is 263 Å². The number of benzene rings is 5. The summed E-state index contributed by atoms with van der Waals surface area (Å²) in [6.45, 7) is 14.6. The molecule has 1 N–H and O–H groups in total. The Labute approximate surface area is 695 Å². The molecule has 13 aromatic rings. The van der Waals surface area contributed by atoms with E-state index in [1.54, 1.807) is 97.9 Å². The van der Waals surface area contributed by atoms with Crippen LogP contribution >= 0.6 is 82.4 Å². The first kappa shape index (κ1) is 86.7. The van der Waals surface area contributed by atoms with Crippen molar-refractivity contribution in [1.29, 1.82) is 0 Å². The number of fused-ring (bicyclic) bond motifs is 5. The number of sulfone groups is 1. The summed E-state index contributed by atoms with van der Waals surface area (Å²) in [7, 11) is -3.64. The second-order valence-electron chi connectivity index (χ2n) is 29.0. The van der Waals surface area contributed by atoms with Crippen LogP contribution < -0.4 is 19.5 Å². The molecule has 594 valence electrons. The minimum Gasteiger partial charge on any atom is -0.619 e. The van der Waals surface area contributed by atoms with Gasteiger partial charge in [0, 0.05) is 122 Å². The van der Waals surface area contributed by atoms with E-state index in [2.05, 4.69) is 114 Å². The highest BCUT2D eigenvalue weighted by molar-refractivity contribution is 9.10. The van der Waals surface area contributed by atoms with E-state index >= 15 is 0 Å². The van der Waals surface area contributed by atoms with Crippen molar-refractivity contribution in [3.63, 3.8) is 0 Å². The van der Waals surface area contributed by atoms with Gasteiger partial charge in [-0.05, 0) is 227 Å². The Balaban J connectivity index is 0.000000179. The normalized spacial score (nSPS) is 16.6. The van der Waals surface area contributed by atoms with Gasteiger partial charge < -0.3 is 30.1 Å². The third kappa shape index (κ3) is 23.3. The van der Waals surface area contributed by atoms with Gasteiger partial charge in [-0.2, -0.15) is 24.8 Å². The number of ketones is 1. The van der Waals surface area contributed by atoms with Crippen LogP contribution in [0.1, 0.15) is 81.1 Å². The number of nitrogens with one attached hydrogen (secondary N) is 1. The van der Waals surface area contributed by atoms with Crippen LogP contribution in [0.2, 0.25) is 5.15 Å². The van der Waals surface area contributed by atoms with Crippen molar-refractivity contribution in [3.8, 4) is 22.9 Å². The largest absolute Gasteiger partial charge is 0.619 e. The van der Waals surface area contributed by atoms with Crippen molar-refractivity contribution in [2.45, 2.75) is 110 Å². The molecule has 0 radical (unpaired) electrons. The molecule has 5 atom stereocenters. The average molecular weight is 1790 g/mol. The molecular weight excluding hydrogens is 1710 g/mol. The maximum absolute atomic E-state index is 14.6. The number of hydrogen-bond donors (Lipinski definition) is 1. The SMILES string of the molecule is Brc1ccc2cnccc2c1.C.C=C[C@@H]1C[C@]1(NC(=O)[C@@H]1C[C@@H](Oc2nccc3cc(-n4cccn4)ccc23)CN1C(=O)[C@@H](CC(=O)OC(C)(C)C)C(C)(C)C)C(=O)CS(=O)(=O)C1CC1.Clc1nccc2cc(-n3cccn3)ccc12.O=P(Cl)(Cl)Cl.[O-][n+]1ccc2cc(-n3cccn3)ccc2c1.[O-][n+]1ccc2cc(Br)ccc2c1. The first-order valence-electron chi connectivity index (χ1n) is 35.5. The van der Waals surface area contributed by atoms with E-state index in [0.29, 0.717) is 23.9 Å². The number of hydrogen-bond acceptors (Lipinski definition) is 17. The molecule has 5 aromatic carbocycles. The Kier molecular flexibility index (Phi) is 28.3. The number of carbonyl (C=O) groups excluding carboxylic acids is 4. The van der Waals surface area contributed by atoms with Gasteiger partial charge in [-0.3, -0.25) is 28.7 Å². The third-order valence-corrected chi connectivity index (χ3v) is 22.0. The van der Waals surface area contributed by atoms with Gasteiger partial charge in [0.15, 0.2) is 40.4 Å². The van der Waals surface area contributed by atoms with Gasteiger partial charge >= 0.3 is 11.2 Å². The maximum atomic E-state index is 14.6. The molecule has 16 rings (SSSR count). The zero-order chi connectivity index (χ0) is 81.2. The van der Waals surface area contributed by atoms with Gasteiger partial charge in [-0.25, -0.2) is 32.4 Å². The van der Waals surface area contributed by atoms with Crippen LogP contribution in [0.25, 0.3) is 70.9 Å². The van der Waals surface area contributed by atoms with Crippen LogP contribution in [0.5, 0.6) is 5.88 Å². The summed E-state index contributed by atoms with van der Waals surface area (Å²) in [5, 5.41) is 44.2. The fourth-order valence-corrected chi connectivity index (χ4v) is 15.4. The van der Waals surface area contributed by atoms with Crippen LogP contribution in [-0.2, 0) is 38.3 Å². The van der Waals surface area contributed by atoms with Crippen molar-refractivity contribution >= 4 is 170 Å². The van der Waals surface area contributed by atoms with E-state index in [-0.39, 0.29) is 33.2 Å². The second kappa shape index (κ2) is 37.3. The Bertz CT molecular complexity index is 5730. The molecule has 114 heavy (non-hydrogen) atoms. The number of Topliss-reactive ketones (excluding diaryl/α,β-unsaturated/α-hetero) is 1. The van der Waals surface area contributed by atoms with Crippen LogP contribution in [0.4, 0.5) is 0 Å². The number of likely N-dealkylation sites (tertiary alicyclic amines) is 1. The maximum Gasteiger partial charge on any atom is 0.339 e. The minimum atomic E-state index is -3.64. The highest BCUT2D eigenvalue weighted by Gasteiger charge is 2.61. The lowest BCUT2D eigenvalue weighted by Crippen LogP contribution is -2.55. The lowest BCUT2D eigenvalue weighted by Gasteiger charge is -2.35. The zero-order valence-corrected chi connectivity index (χ0v) is 69.9. The minimum absolute atomic E-state index is 0. The summed E-state index contributed by atoms with van der Waals surface area (Å²) >= 11 is 26.6. The number of pyridine rings is 5. The number of rotatable bonds is 15. The number of esters is 1. The predicted octanol–water partition coefficient (Wildman–Crippen LogP) is 17.8. The van der Waals surface area contributed by atoms with Crippen molar-refractivity contribution < 1.29 is 51.1 Å². The molecule has 2 aliphatic carbocycles. The molecular formula is C82H82Br2Cl4N13O11PS. The molecule has 3 fully saturated rings. The summed E-state index contributed by atoms with van der Waals surface area (Å²) in [6, 6.07) is 43.4. The molecule has 8 aromatic heterocycles. The fraction of sp³-hybridized carbons (Fsp3) is 0.268. The van der Waals surface area contributed by atoms with E-state index in [9.17, 15) is 42.6 Å². The highest BCUT2D eigenvalue weighted by atomic mass is 79.9. The number of halogens is 6. The van der Waals surface area contributed by atoms with Gasteiger partial charge in [-0.15, -0.1) is 6.58 Å². The Hall–Kier alpha value is -9.70. The molecule has 24 nitrogen and oxygen atoms in total. The lowest BCUT2D eigenvalue weighted by atomic mass is 9.77. The third-order valence-electron chi connectivity index (χ3n) is 18.5. The first-order chi connectivity index (χ1) is 53.6. The van der Waals surface area contributed by atoms with E-state index in [1.165, 1.54) is 28.1 Å². The molecule has 2 saturated carbocycles. The van der Waals surface area contributed by atoms with Crippen molar-refractivity contribution in [2.24, 2.45) is 17.3 Å². The molecule has 3 aliphatic rings. The van der Waals surface area contributed by atoms with E-state index in [0.717, 1.165) is 78.6 Å². The van der Waals surface area contributed by atoms with Crippen molar-refractivity contribution in [2.75, 3.05) is 12.3 Å². The molecule has 0 bridgehead atoms. The standard InChI is InChI=1S/C39H49N5O8S.C12H8ClN3.C12H9N3O.C9H6BrNO.C9H6BrN.CH4.Cl3OP/c1-8-25-21-39(25,32(45)23-53(49,50)28-11-12-28)42-34(47)31-19-27(22-43(31)36(48)30(37(2,3)4)20-33(46)52-38(5,6)7)51-35-29-13-10-26(44-17-9-15-41-44)18-24(29)14-16-40-35;13-12-11-3-2-10(16-7-1-5-15-16)8-9(11)4-6-14-12;16-14-7-4-10-8-12(3-2-11(10)9-14)15-6-1-5-13-15;10-9-2-1-8-6-11(12)4-3-7(8)5-9;10-9-2-1-8-6-11-4-3-7(8)5-9;;1-5(2,3)4/h8-10,13-18,25,27-28,30-31H,1,11-12,19-23H2,2-7H3,(H,42,47);1-8H;1-9H;1-6H;1-6H;1H4;/t25-,27-,30-,31+,39-;;;;;;/m1....../s1. The quantitative estimate of drug-likeness (QED) is 0.0249. The number of ether oxygens (including phenoxy) is 2. The molecule has 32 heteroatoms. The monoisotopic (exact) mass is 1790 g/mol. The van der Waals surface area contributed by atoms with Gasteiger partial charge in [0.25, 0.3) is 0 Å². The topological polar surface area (TPSA) is 299 Å². The number of carbonyl (C=O) groups is 4. The Morgan fingerprint density at radius 3 is 1.68 bits per heavy atom. The van der Waals surface area contributed by atoms with Gasteiger partial charge in [0.2, 0.25) is 17.7 Å². The molecule has 2 amide bonds. The Morgan fingerprint density at radius 2 is 1.17 bits per heavy atom. The van der Waals surface area contributed by atoms with Crippen molar-refractivity contribution in [1.82, 2.24) is 54.5 Å². The van der Waals surface area contributed by atoms with Crippen LogP contribution in [0.15, 0.2) is 248 Å². The molecule has 0 spiro atoms. The van der Waals surface area contributed by atoms with Crippen LogP contribution in [-0.4, -0.2) is 122 Å². The summed E-state index contributed by atoms with van der Waals surface area (Å²) in [5.74, 6) is -3.82. The van der Waals surface area contributed by atoms with Crippen LogP contribution in [0, 0.1) is 27.7 Å². The number of aromatic nitrogens is 11. The molecule has 1 aliphatic heterocycles. The van der Waals surface area contributed by atoms with Gasteiger partial charge in [0.05, 0.1) is 41.2 Å². The summed E-state index contributed by atoms with van der Waals surface area (Å²) in [6.07, 6.45) is 25.9. The average Bonchev–Trinajstić information content (AvgIpc) is 1.57. The molecule has 9 heterocycles. The van der Waals surface area contributed by atoms with E-state index in [4.69, 9.17) is 21.1 Å². The van der Waals surface area contributed by atoms with Gasteiger partial charge in [-0.1, -0.05) is 83.8 Å². The van der Waals surface area contributed by atoms with E-state index in [1.807, 2.05) is 172 Å². The fourth-order valence-electron chi connectivity index (χ4n) is 12.7. The highest BCUT2D eigenvalue weighted by Crippen LogP contribution is 2.61. The molecule has 0 unspecified atom stereocenters. The number of amides is 2. The summed E-state index contributed by atoms with van der Waals surface area (Å²) in [5.41, 5.74) is -0.0461. The Morgan fingerprint density at radius 1 is 0.675 bits per heavy atom. The summed E-state index contributed by atoms with van der Waals surface area (Å²) < 4.78 is 56.3. The zero-order valence-electron chi connectivity index (χ0n) is 62.0. The predicted molar refractivity (Wildman–Crippen MR) is 454 cm³/mol. The first-order valence-corrected chi connectivity index (χ1v) is 43.6. The van der Waals surface area contributed by atoms with Gasteiger partial charge in [0.1, 0.15) is 34.2 Å². The lowest BCUT2D eigenvalue weighted by molar-refractivity contribution is -0.604. The molecule has 1 saturated heterocycles. The van der Waals surface area contributed by atoms with Crippen LogP contribution in [0.3, 0.4) is 0 Å². The smallest absolute Gasteiger partial charge is 0.339 e. The van der Waals surface area contributed by atoms with E-state index < -0.39 is 90.1 Å². The number of nitrogens with zero attached hydrogens (tertiary/aromatic N) is 12.